The zero-order valence-electron chi connectivity index (χ0n) is 32.6. The number of sulfone groups is 1. The van der Waals surface area contributed by atoms with Crippen LogP contribution >= 0.6 is 125 Å². The molecule has 0 spiro atoms. The summed E-state index contributed by atoms with van der Waals surface area (Å²) in [6.45, 7) is 13.5. The largest absolute Gasteiger partial charge is 0.398 e. The van der Waals surface area contributed by atoms with Gasteiger partial charge in [0.1, 0.15) is 0 Å². The molecule has 25 heteroatoms. The molecule has 57 heavy (non-hydrogen) atoms. The molecule has 0 aliphatic heterocycles. The zero-order chi connectivity index (χ0) is 37.9. The molecule has 3 rings (SSSR count). The zero-order valence-corrected chi connectivity index (χ0v) is 42.5. The summed E-state index contributed by atoms with van der Waals surface area (Å²) in [4.78, 5) is 5.73. The number of nitrogens with zero attached hydrogens (tertiary/aromatic N) is 2. The average Bonchev–Trinajstić information content (AvgIpc) is 2.98. The monoisotopic (exact) mass is 1050 g/mol. The molecule has 340 valence electrons. The van der Waals surface area contributed by atoms with E-state index in [4.69, 9.17) is 39.5 Å². The van der Waals surface area contributed by atoms with E-state index in [1.165, 1.54) is 24.3 Å². The van der Waals surface area contributed by atoms with Crippen LogP contribution in [-0.2, 0) is 19.9 Å². The third-order valence-corrected chi connectivity index (χ3v) is 10.0. The van der Waals surface area contributed by atoms with Crippen LogP contribution in [0.5, 0.6) is 0 Å². The summed E-state index contributed by atoms with van der Waals surface area (Å²) in [7, 11) is -7.09. The molecule has 0 aliphatic carbocycles. The Morgan fingerprint density at radius 2 is 0.754 bits per heavy atom. The van der Waals surface area contributed by atoms with Crippen LogP contribution in [-0.4, -0.2) is 49.3 Å². The number of primary sulfonamides is 1. The number of thiol groups is 2. The van der Waals surface area contributed by atoms with E-state index in [2.05, 4.69) is 62.8 Å². The van der Waals surface area contributed by atoms with E-state index in [-0.39, 0.29) is 109 Å². The summed E-state index contributed by atoms with van der Waals surface area (Å²) < 4.78 is 45.7. The van der Waals surface area contributed by atoms with Crippen molar-refractivity contribution in [2.75, 3.05) is 76.6 Å². The van der Waals surface area contributed by atoms with Crippen molar-refractivity contribution >= 4 is 190 Å². The third kappa shape index (κ3) is 22.4. The number of halogens is 8. The van der Waals surface area contributed by atoms with Crippen LogP contribution in [0, 0.1) is 6.92 Å². The first-order valence-electron chi connectivity index (χ1n) is 15.8. The fourth-order valence-corrected chi connectivity index (χ4v) is 6.94. The summed E-state index contributed by atoms with van der Waals surface area (Å²) in [5, 5.41) is 5.09. The molecule has 0 radical (unpaired) electrons. The molecule has 13 nitrogen and oxygen atoms in total. The number of rotatable bonds is 12. The van der Waals surface area contributed by atoms with E-state index in [0.717, 1.165) is 79.2 Å². The van der Waals surface area contributed by atoms with Crippen LogP contribution in [0.3, 0.4) is 0 Å². The lowest BCUT2D eigenvalue weighted by Crippen LogP contribution is -2.27. The maximum atomic E-state index is 11.5. The Morgan fingerprint density at radius 1 is 0.509 bits per heavy atom. The minimum Gasteiger partial charge on any atom is -0.398 e. The van der Waals surface area contributed by atoms with Crippen molar-refractivity contribution in [3.63, 3.8) is 0 Å². The third-order valence-electron chi connectivity index (χ3n) is 7.28. The number of nitrogen functional groups attached to an aromatic ring is 6. The second-order valence-corrected chi connectivity index (χ2v) is 16.1. The molecule has 3 aromatic carbocycles. The number of nitrogens with two attached hydrogens (primary N) is 7. The fraction of sp³-hybridized carbons (Fsp3) is 0.438. The molecule has 0 saturated carbocycles. The Labute approximate surface area is 400 Å². The number of benzene rings is 3. The number of anilines is 8. The van der Waals surface area contributed by atoms with E-state index in [9.17, 15) is 16.8 Å². The molecule has 0 atom stereocenters. The lowest BCUT2D eigenvalue weighted by Gasteiger charge is -2.27. The summed E-state index contributed by atoms with van der Waals surface area (Å²) in [6.07, 6.45) is 5.02. The van der Waals surface area contributed by atoms with Gasteiger partial charge in [-0.25, -0.2) is 22.0 Å². The second kappa shape index (κ2) is 33.6. The SMILES string of the molecule is CCCN(CCC)c1c(N)cc(S(C)(=O)=O)cc1N.CCCN(CCC)c1c(N)cc(S(N)(=O)=O)cc1N.Cc1c(N)c(S)cc(S)c1N.Cl.Cl.Cl.Cl.Cl.Cl.Cl.Cl. The molecule has 0 aliphatic rings. The van der Waals surface area contributed by atoms with Gasteiger partial charge in [-0.05, 0) is 68.5 Å². The van der Waals surface area contributed by atoms with Gasteiger partial charge in [-0.2, -0.15) is 0 Å². The Bertz CT molecular complexity index is 1640. The highest BCUT2D eigenvalue weighted by molar-refractivity contribution is 7.90. The quantitative estimate of drug-likeness (QED) is 0.0616. The molecule has 14 N–H and O–H groups in total. The van der Waals surface area contributed by atoms with Crippen LogP contribution in [0.2, 0.25) is 0 Å². The Balaban J connectivity index is -0.000000101. The van der Waals surface area contributed by atoms with Gasteiger partial charge in [-0.3, -0.25) is 0 Å². The molecular weight excluding hydrogens is 986 g/mol. The average molecular weight is 1050 g/mol. The highest BCUT2D eigenvalue weighted by Gasteiger charge is 2.18. The minimum atomic E-state index is -3.79. The van der Waals surface area contributed by atoms with Crippen molar-refractivity contribution < 1.29 is 16.8 Å². The smallest absolute Gasteiger partial charge is 0.238 e. The van der Waals surface area contributed by atoms with E-state index in [1.54, 1.807) is 6.07 Å². The fourth-order valence-electron chi connectivity index (χ4n) is 4.98. The highest BCUT2D eigenvalue weighted by atomic mass is 35.5. The number of hydrogen-bond donors (Lipinski definition) is 9. The first-order chi connectivity index (χ1) is 22.7. The molecule has 0 saturated heterocycles. The lowest BCUT2D eigenvalue weighted by molar-refractivity contribution is 0.597. The standard InChI is InChI=1S/C13H23N3O2S.C12H22N4O2S.C7H10N2S2.8ClH/c1-4-6-16(7-5-2)13-11(14)8-10(9-12(13)15)19(3,17)18;1-3-5-16(6-4-2)12-10(13)7-9(8-11(12)14)19(15,17)18;1-3-6(8)4(10)2-5(11)7(3)9;;;;;;;;/h8-9H,4-7,14-15H2,1-3H3;7-8H,3-6,13-14H2,1-2H3,(H2,15,17,18);2,10-11H,8-9H2,1H3;8*1H. The van der Waals surface area contributed by atoms with Crippen molar-refractivity contribution in [3.05, 3.63) is 35.9 Å². The number of hydrogen-bond acceptors (Lipinski definition) is 14. The topological polar surface area (TPSA) is 257 Å². The van der Waals surface area contributed by atoms with Gasteiger partial charge in [0.25, 0.3) is 0 Å². The second-order valence-electron chi connectivity index (χ2n) is 11.6. The number of sulfonamides is 1. The minimum absolute atomic E-state index is 0. The maximum Gasteiger partial charge on any atom is 0.238 e. The van der Waals surface area contributed by atoms with Crippen molar-refractivity contribution in [3.8, 4) is 0 Å². The maximum absolute atomic E-state index is 11.5. The van der Waals surface area contributed by atoms with Crippen molar-refractivity contribution in [2.45, 2.75) is 79.9 Å². The van der Waals surface area contributed by atoms with Crippen LogP contribution < -0.4 is 49.3 Å². The van der Waals surface area contributed by atoms with E-state index >= 15 is 0 Å². The van der Waals surface area contributed by atoms with Gasteiger partial charge in [0.2, 0.25) is 10.0 Å². The van der Waals surface area contributed by atoms with Gasteiger partial charge in [0.05, 0.1) is 55.3 Å². The van der Waals surface area contributed by atoms with Crippen LogP contribution in [0.1, 0.15) is 58.9 Å². The summed E-state index contributed by atoms with van der Waals surface area (Å²) in [5.74, 6) is 0. The van der Waals surface area contributed by atoms with Gasteiger partial charge >= 0.3 is 0 Å². The van der Waals surface area contributed by atoms with E-state index in [0.29, 0.717) is 39.8 Å². The highest BCUT2D eigenvalue weighted by Crippen LogP contribution is 2.35. The molecule has 0 heterocycles. The van der Waals surface area contributed by atoms with Gasteiger partial charge in [0, 0.05) is 42.2 Å². The molecule has 0 bridgehead atoms. The van der Waals surface area contributed by atoms with Crippen LogP contribution in [0.25, 0.3) is 0 Å². The van der Waals surface area contributed by atoms with Gasteiger partial charge in [-0.1, -0.05) is 27.7 Å². The van der Waals surface area contributed by atoms with Crippen LogP contribution in [0.15, 0.2) is 49.9 Å². The molecule has 3 aromatic rings. The Morgan fingerprint density at radius 3 is 0.965 bits per heavy atom. The Kier molecular flexibility index (Phi) is 43.4. The molecule has 0 aromatic heterocycles. The molecule has 0 amide bonds. The molecule has 0 unspecified atom stereocenters. The predicted molar refractivity (Wildman–Crippen MR) is 273 cm³/mol. The van der Waals surface area contributed by atoms with Crippen molar-refractivity contribution in [2.24, 2.45) is 5.14 Å². The summed E-state index contributed by atoms with van der Waals surface area (Å²) in [6, 6.07) is 7.43. The van der Waals surface area contributed by atoms with Crippen molar-refractivity contribution in [1.29, 1.82) is 0 Å². The predicted octanol–water partition coefficient (Wildman–Crippen LogP) is 8.12. The summed E-state index contributed by atoms with van der Waals surface area (Å²) in [5.41, 5.74) is 40.2. The first-order valence-corrected chi connectivity index (χ1v) is 20.2. The summed E-state index contributed by atoms with van der Waals surface area (Å²) >= 11 is 8.31. The van der Waals surface area contributed by atoms with Gasteiger partial charge < -0.3 is 44.2 Å². The first kappa shape index (κ1) is 73.5. The van der Waals surface area contributed by atoms with Gasteiger partial charge in [0.15, 0.2) is 9.84 Å². The normalized spacial score (nSPS) is 9.63. The van der Waals surface area contributed by atoms with Crippen LogP contribution in [0.4, 0.5) is 45.5 Å². The Hall–Kier alpha value is -1.06. The van der Waals surface area contributed by atoms with Crippen molar-refractivity contribution in [1.82, 2.24) is 0 Å². The molecular formula is C32H63Cl8N9O4S4. The molecule has 0 fully saturated rings. The lowest BCUT2D eigenvalue weighted by atomic mass is 10.1. The van der Waals surface area contributed by atoms with E-state index < -0.39 is 19.9 Å². The van der Waals surface area contributed by atoms with Gasteiger partial charge in [-0.15, -0.1) is 125 Å². The van der Waals surface area contributed by atoms with E-state index in [1.807, 2.05) is 6.92 Å².